The lowest BCUT2D eigenvalue weighted by molar-refractivity contribution is 0.415. The standard InChI is InChI=1S/C13H16N2O/c1-8(2)12-7-15-13(14)10-5-4-9(16-3)6-11(10)12/h4-8H,1-3H3,(H2,14,15). The number of hydrogen-bond donors (Lipinski definition) is 1. The van der Waals surface area contributed by atoms with E-state index in [0.717, 1.165) is 16.5 Å². The molecular formula is C13H16N2O. The van der Waals surface area contributed by atoms with Gasteiger partial charge in [0.2, 0.25) is 0 Å². The number of hydrogen-bond acceptors (Lipinski definition) is 3. The predicted octanol–water partition coefficient (Wildman–Crippen LogP) is 2.95. The van der Waals surface area contributed by atoms with Crippen LogP contribution in [0.3, 0.4) is 0 Å². The number of pyridine rings is 1. The summed E-state index contributed by atoms with van der Waals surface area (Å²) in [4.78, 5) is 4.22. The summed E-state index contributed by atoms with van der Waals surface area (Å²) in [5.74, 6) is 1.84. The summed E-state index contributed by atoms with van der Waals surface area (Å²) >= 11 is 0. The molecule has 1 heterocycles. The first-order valence-corrected chi connectivity index (χ1v) is 5.35. The van der Waals surface area contributed by atoms with E-state index in [1.807, 2.05) is 24.4 Å². The first-order valence-electron chi connectivity index (χ1n) is 5.35. The molecule has 2 rings (SSSR count). The molecular weight excluding hydrogens is 200 g/mol. The minimum Gasteiger partial charge on any atom is -0.497 e. The van der Waals surface area contributed by atoms with E-state index < -0.39 is 0 Å². The predicted molar refractivity (Wildman–Crippen MR) is 66.8 cm³/mol. The molecule has 0 fully saturated rings. The molecule has 84 valence electrons. The molecule has 1 aromatic heterocycles. The van der Waals surface area contributed by atoms with Gasteiger partial charge in [-0.3, -0.25) is 0 Å². The molecule has 0 aliphatic heterocycles. The summed E-state index contributed by atoms with van der Waals surface area (Å²) in [6, 6.07) is 5.88. The second-order valence-electron chi connectivity index (χ2n) is 4.16. The van der Waals surface area contributed by atoms with Crippen LogP contribution in [0.2, 0.25) is 0 Å². The van der Waals surface area contributed by atoms with Crippen molar-refractivity contribution < 1.29 is 4.74 Å². The Labute approximate surface area is 95.2 Å². The highest BCUT2D eigenvalue weighted by atomic mass is 16.5. The number of ether oxygens (including phenoxy) is 1. The van der Waals surface area contributed by atoms with E-state index in [9.17, 15) is 0 Å². The van der Waals surface area contributed by atoms with Crippen LogP contribution >= 0.6 is 0 Å². The molecule has 3 nitrogen and oxygen atoms in total. The number of fused-ring (bicyclic) bond motifs is 1. The summed E-state index contributed by atoms with van der Waals surface area (Å²) < 4.78 is 5.24. The number of nitrogens with zero attached hydrogens (tertiary/aromatic N) is 1. The van der Waals surface area contributed by atoms with Gasteiger partial charge in [0.15, 0.2) is 0 Å². The van der Waals surface area contributed by atoms with Gasteiger partial charge in [0, 0.05) is 11.6 Å². The topological polar surface area (TPSA) is 48.1 Å². The average Bonchev–Trinajstić information content (AvgIpc) is 2.28. The molecule has 1 aromatic carbocycles. The van der Waals surface area contributed by atoms with Crippen molar-refractivity contribution in [2.24, 2.45) is 0 Å². The minimum absolute atomic E-state index is 0.419. The van der Waals surface area contributed by atoms with Crippen molar-refractivity contribution in [1.29, 1.82) is 0 Å². The van der Waals surface area contributed by atoms with E-state index >= 15 is 0 Å². The molecule has 0 spiro atoms. The second-order valence-corrected chi connectivity index (χ2v) is 4.16. The summed E-state index contributed by atoms with van der Waals surface area (Å²) in [6.45, 7) is 4.29. The maximum Gasteiger partial charge on any atom is 0.131 e. The third-order valence-electron chi connectivity index (χ3n) is 2.78. The Morgan fingerprint density at radius 2 is 2.00 bits per heavy atom. The summed E-state index contributed by atoms with van der Waals surface area (Å²) in [5.41, 5.74) is 7.06. The quantitative estimate of drug-likeness (QED) is 0.839. The third-order valence-corrected chi connectivity index (χ3v) is 2.78. The van der Waals surface area contributed by atoms with E-state index in [2.05, 4.69) is 18.8 Å². The number of nitrogen functional groups attached to an aromatic ring is 1. The van der Waals surface area contributed by atoms with Crippen molar-refractivity contribution in [2.45, 2.75) is 19.8 Å². The van der Waals surface area contributed by atoms with Gasteiger partial charge < -0.3 is 10.5 Å². The van der Waals surface area contributed by atoms with Crippen LogP contribution < -0.4 is 10.5 Å². The SMILES string of the molecule is COc1ccc2c(N)ncc(C(C)C)c2c1. The molecule has 0 saturated heterocycles. The van der Waals surface area contributed by atoms with E-state index in [1.165, 1.54) is 5.56 Å². The lowest BCUT2D eigenvalue weighted by Gasteiger charge is -2.12. The Morgan fingerprint density at radius 1 is 1.25 bits per heavy atom. The fourth-order valence-corrected chi connectivity index (χ4v) is 1.85. The van der Waals surface area contributed by atoms with E-state index in [0.29, 0.717) is 11.7 Å². The summed E-state index contributed by atoms with van der Waals surface area (Å²) in [7, 11) is 1.67. The van der Waals surface area contributed by atoms with Gasteiger partial charge in [-0.2, -0.15) is 0 Å². The highest BCUT2D eigenvalue weighted by Gasteiger charge is 2.09. The molecule has 0 amide bonds. The van der Waals surface area contributed by atoms with Gasteiger partial charge in [0.1, 0.15) is 11.6 Å². The van der Waals surface area contributed by atoms with Crippen LogP contribution in [0.15, 0.2) is 24.4 Å². The number of aromatic nitrogens is 1. The van der Waals surface area contributed by atoms with Crippen molar-refractivity contribution in [3.8, 4) is 5.75 Å². The first-order chi connectivity index (χ1) is 7.63. The van der Waals surface area contributed by atoms with Gasteiger partial charge >= 0.3 is 0 Å². The highest BCUT2D eigenvalue weighted by Crippen LogP contribution is 2.30. The van der Waals surface area contributed by atoms with Gasteiger partial charge in [-0.1, -0.05) is 13.8 Å². The average molecular weight is 216 g/mol. The van der Waals surface area contributed by atoms with Gasteiger partial charge in [-0.25, -0.2) is 4.98 Å². The minimum atomic E-state index is 0.419. The Morgan fingerprint density at radius 3 is 2.62 bits per heavy atom. The number of benzene rings is 1. The van der Waals surface area contributed by atoms with Crippen LogP contribution in [0.4, 0.5) is 5.82 Å². The van der Waals surface area contributed by atoms with Crippen LogP contribution in [-0.4, -0.2) is 12.1 Å². The maximum atomic E-state index is 5.86. The van der Waals surface area contributed by atoms with E-state index in [-0.39, 0.29) is 0 Å². The van der Waals surface area contributed by atoms with Crippen molar-refractivity contribution in [3.05, 3.63) is 30.0 Å². The summed E-state index contributed by atoms with van der Waals surface area (Å²) in [5, 5.41) is 2.12. The van der Waals surface area contributed by atoms with Crippen LogP contribution in [-0.2, 0) is 0 Å². The Balaban J connectivity index is 2.77. The number of rotatable bonds is 2. The van der Waals surface area contributed by atoms with Crippen molar-refractivity contribution in [3.63, 3.8) is 0 Å². The first kappa shape index (κ1) is 10.7. The molecule has 16 heavy (non-hydrogen) atoms. The zero-order valence-corrected chi connectivity index (χ0v) is 9.82. The van der Waals surface area contributed by atoms with Crippen LogP contribution in [0.1, 0.15) is 25.3 Å². The molecule has 0 radical (unpaired) electrons. The number of anilines is 1. The van der Waals surface area contributed by atoms with Gasteiger partial charge in [0.05, 0.1) is 7.11 Å². The molecule has 0 atom stereocenters. The molecule has 0 saturated carbocycles. The maximum absolute atomic E-state index is 5.86. The number of nitrogens with two attached hydrogens (primary N) is 1. The molecule has 0 unspecified atom stereocenters. The van der Waals surface area contributed by atoms with Crippen LogP contribution in [0.5, 0.6) is 5.75 Å². The van der Waals surface area contributed by atoms with Gasteiger partial charge in [-0.15, -0.1) is 0 Å². The molecule has 2 N–H and O–H groups in total. The molecule has 0 aliphatic rings. The fraction of sp³-hybridized carbons (Fsp3) is 0.308. The molecule has 3 heteroatoms. The Bertz CT molecular complexity index is 521. The largest absolute Gasteiger partial charge is 0.497 e. The smallest absolute Gasteiger partial charge is 0.131 e. The lowest BCUT2D eigenvalue weighted by Crippen LogP contribution is -1.97. The molecule has 0 bridgehead atoms. The Kier molecular flexibility index (Phi) is 2.69. The monoisotopic (exact) mass is 216 g/mol. The van der Waals surface area contributed by atoms with Crippen molar-refractivity contribution in [1.82, 2.24) is 4.98 Å². The van der Waals surface area contributed by atoms with Crippen molar-refractivity contribution >= 4 is 16.6 Å². The summed E-state index contributed by atoms with van der Waals surface area (Å²) in [6.07, 6.45) is 1.85. The molecule has 0 aliphatic carbocycles. The highest BCUT2D eigenvalue weighted by molar-refractivity contribution is 5.94. The second kappa shape index (κ2) is 4.00. The third kappa shape index (κ3) is 1.69. The van der Waals surface area contributed by atoms with Gasteiger partial charge in [-0.05, 0) is 35.1 Å². The van der Waals surface area contributed by atoms with E-state index in [4.69, 9.17) is 10.5 Å². The number of methoxy groups -OCH3 is 1. The zero-order valence-electron chi connectivity index (χ0n) is 9.82. The lowest BCUT2D eigenvalue weighted by atomic mass is 9.98. The fourth-order valence-electron chi connectivity index (χ4n) is 1.85. The molecule has 2 aromatic rings. The van der Waals surface area contributed by atoms with E-state index in [1.54, 1.807) is 7.11 Å². The zero-order chi connectivity index (χ0) is 11.7. The normalized spacial score (nSPS) is 11.0. The van der Waals surface area contributed by atoms with Crippen molar-refractivity contribution in [2.75, 3.05) is 12.8 Å². The van der Waals surface area contributed by atoms with Gasteiger partial charge in [0.25, 0.3) is 0 Å². The Hall–Kier alpha value is -1.77. The van der Waals surface area contributed by atoms with Crippen LogP contribution in [0.25, 0.3) is 10.8 Å². The van der Waals surface area contributed by atoms with Crippen LogP contribution in [0, 0.1) is 0 Å².